The van der Waals surface area contributed by atoms with Gasteiger partial charge in [0, 0.05) is 16.2 Å². The molecule has 3 aromatic rings. The number of rotatable bonds is 6. The van der Waals surface area contributed by atoms with E-state index < -0.39 is 0 Å². The van der Waals surface area contributed by atoms with Crippen LogP contribution in [0.15, 0.2) is 59.8 Å². The molecule has 1 heterocycles. The van der Waals surface area contributed by atoms with Crippen LogP contribution in [0.25, 0.3) is 0 Å². The molecule has 0 saturated heterocycles. The van der Waals surface area contributed by atoms with Gasteiger partial charge < -0.3 is 4.57 Å². The van der Waals surface area contributed by atoms with Gasteiger partial charge in [-0.2, -0.15) is 0 Å². The third kappa shape index (κ3) is 3.75. The highest BCUT2D eigenvalue weighted by atomic mass is 35.5. The molecule has 1 fully saturated rings. The van der Waals surface area contributed by atoms with Crippen LogP contribution < -0.4 is 0 Å². The highest BCUT2D eigenvalue weighted by Gasteiger charge is 2.31. The Hall–Kier alpha value is -1.78. The first kappa shape index (κ1) is 16.7. The molecule has 2 aromatic carbocycles. The van der Waals surface area contributed by atoms with Crippen LogP contribution in [-0.2, 0) is 6.54 Å². The maximum Gasteiger partial charge on any atom is 0.192 e. The van der Waals surface area contributed by atoms with E-state index in [-0.39, 0.29) is 5.25 Å². The first-order chi connectivity index (χ1) is 12.2. The second kappa shape index (κ2) is 7.22. The Kier molecular flexibility index (Phi) is 4.82. The van der Waals surface area contributed by atoms with Crippen molar-refractivity contribution in [2.24, 2.45) is 0 Å². The van der Waals surface area contributed by atoms with Crippen molar-refractivity contribution in [1.29, 1.82) is 0 Å². The molecule has 0 amide bonds. The maximum atomic E-state index is 6.36. The summed E-state index contributed by atoms with van der Waals surface area (Å²) in [6.45, 7) is 2.99. The fourth-order valence-electron chi connectivity index (χ4n) is 2.97. The minimum Gasteiger partial charge on any atom is -0.301 e. The highest BCUT2D eigenvalue weighted by Crippen LogP contribution is 2.42. The topological polar surface area (TPSA) is 30.7 Å². The summed E-state index contributed by atoms with van der Waals surface area (Å²) in [4.78, 5) is 0. The third-order valence-electron chi connectivity index (χ3n) is 4.50. The summed E-state index contributed by atoms with van der Waals surface area (Å²) in [5.74, 6) is 1.69. The number of hydrogen-bond acceptors (Lipinski definition) is 3. The van der Waals surface area contributed by atoms with Gasteiger partial charge in [0.25, 0.3) is 0 Å². The lowest BCUT2D eigenvalue weighted by atomic mass is 10.2. The van der Waals surface area contributed by atoms with Crippen LogP contribution in [-0.4, -0.2) is 14.8 Å². The van der Waals surface area contributed by atoms with Crippen molar-refractivity contribution in [3.8, 4) is 0 Å². The molecule has 128 valence electrons. The Labute approximate surface area is 157 Å². The largest absolute Gasteiger partial charge is 0.301 e. The fourth-order valence-corrected chi connectivity index (χ4v) is 4.36. The summed E-state index contributed by atoms with van der Waals surface area (Å²) < 4.78 is 2.28. The molecule has 25 heavy (non-hydrogen) atoms. The van der Waals surface area contributed by atoms with E-state index in [9.17, 15) is 0 Å². The standard InChI is InChI=1S/C20H20ClN3S/c1-14(17-9-5-6-10-18(17)21)25-20-23-22-19(16-11-12-16)24(20)13-15-7-3-2-4-8-15/h2-10,14,16H,11-13H2,1H3/t14-/m0/s1. The summed E-state index contributed by atoms with van der Waals surface area (Å²) in [6, 6.07) is 18.5. The minimum atomic E-state index is 0.222. The summed E-state index contributed by atoms with van der Waals surface area (Å²) in [5, 5.41) is 11.0. The Morgan fingerprint density at radius 3 is 2.52 bits per heavy atom. The normalized spacial score (nSPS) is 15.3. The van der Waals surface area contributed by atoms with Gasteiger partial charge in [0.2, 0.25) is 0 Å². The zero-order valence-electron chi connectivity index (χ0n) is 14.1. The van der Waals surface area contributed by atoms with Crippen molar-refractivity contribution in [3.05, 3.63) is 76.6 Å². The molecule has 0 unspecified atom stereocenters. The molecule has 5 heteroatoms. The van der Waals surface area contributed by atoms with E-state index in [2.05, 4.69) is 52.0 Å². The highest BCUT2D eigenvalue weighted by molar-refractivity contribution is 7.99. The molecule has 0 bridgehead atoms. The lowest BCUT2D eigenvalue weighted by molar-refractivity contribution is 0.666. The smallest absolute Gasteiger partial charge is 0.192 e. The van der Waals surface area contributed by atoms with Crippen molar-refractivity contribution in [2.45, 2.75) is 42.6 Å². The minimum absolute atomic E-state index is 0.222. The van der Waals surface area contributed by atoms with Gasteiger partial charge in [-0.05, 0) is 37.0 Å². The van der Waals surface area contributed by atoms with Crippen LogP contribution in [0.2, 0.25) is 5.02 Å². The molecule has 1 aliphatic rings. The van der Waals surface area contributed by atoms with E-state index in [0.717, 1.165) is 28.1 Å². The van der Waals surface area contributed by atoms with Gasteiger partial charge in [-0.3, -0.25) is 0 Å². The molecule has 1 saturated carbocycles. The molecule has 0 radical (unpaired) electrons. The molecule has 4 rings (SSSR count). The predicted molar refractivity (Wildman–Crippen MR) is 103 cm³/mol. The van der Waals surface area contributed by atoms with Crippen molar-refractivity contribution < 1.29 is 0 Å². The van der Waals surface area contributed by atoms with Crippen molar-refractivity contribution in [2.75, 3.05) is 0 Å². The first-order valence-electron chi connectivity index (χ1n) is 8.60. The Balaban J connectivity index is 1.62. The van der Waals surface area contributed by atoms with E-state index in [4.69, 9.17) is 11.6 Å². The zero-order chi connectivity index (χ0) is 17.2. The van der Waals surface area contributed by atoms with Gasteiger partial charge >= 0.3 is 0 Å². The third-order valence-corrected chi connectivity index (χ3v) is 5.96. The van der Waals surface area contributed by atoms with E-state index in [1.54, 1.807) is 11.8 Å². The van der Waals surface area contributed by atoms with Crippen LogP contribution >= 0.6 is 23.4 Å². The number of halogens is 1. The Morgan fingerprint density at radius 2 is 1.80 bits per heavy atom. The molecule has 1 atom stereocenters. The zero-order valence-corrected chi connectivity index (χ0v) is 15.7. The van der Waals surface area contributed by atoms with E-state index in [0.29, 0.717) is 5.92 Å². The second-order valence-electron chi connectivity index (χ2n) is 6.47. The van der Waals surface area contributed by atoms with Gasteiger partial charge in [0.05, 0.1) is 6.54 Å². The van der Waals surface area contributed by atoms with Crippen LogP contribution in [0.5, 0.6) is 0 Å². The molecule has 0 N–H and O–H groups in total. The summed E-state index contributed by atoms with van der Waals surface area (Å²) in [7, 11) is 0. The number of benzene rings is 2. The monoisotopic (exact) mass is 369 g/mol. The van der Waals surface area contributed by atoms with Gasteiger partial charge in [-0.25, -0.2) is 0 Å². The maximum absolute atomic E-state index is 6.36. The number of aromatic nitrogens is 3. The van der Waals surface area contributed by atoms with Gasteiger partial charge in [-0.1, -0.05) is 71.9 Å². The average Bonchev–Trinajstić information content (AvgIpc) is 3.40. The van der Waals surface area contributed by atoms with E-state index >= 15 is 0 Å². The molecule has 1 aromatic heterocycles. The average molecular weight is 370 g/mol. The van der Waals surface area contributed by atoms with Crippen LogP contribution in [0.4, 0.5) is 0 Å². The molecule has 1 aliphatic carbocycles. The lowest BCUT2D eigenvalue weighted by Crippen LogP contribution is -2.06. The Morgan fingerprint density at radius 1 is 1.08 bits per heavy atom. The molecule has 0 spiro atoms. The SMILES string of the molecule is C[C@H](Sc1nnc(C2CC2)n1Cc1ccccc1)c1ccccc1Cl. The van der Waals surface area contributed by atoms with Crippen molar-refractivity contribution in [1.82, 2.24) is 14.8 Å². The quantitative estimate of drug-likeness (QED) is 0.521. The summed E-state index contributed by atoms with van der Waals surface area (Å²) in [6.07, 6.45) is 2.44. The van der Waals surface area contributed by atoms with Crippen LogP contribution in [0, 0.1) is 0 Å². The van der Waals surface area contributed by atoms with E-state index in [1.165, 1.54) is 18.4 Å². The molecule has 0 aliphatic heterocycles. The van der Waals surface area contributed by atoms with Crippen molar-refractivity contribution in [3.63, 3.8) is 0 Å². The number of hydrogen-bond donors (Lipinski definition) is 0. The molecular weight excluding hydrogens is 350 g/mol. The van der Waals surface area contributed by atoms with Gasteiger partial charge in [0.15, 0.2) is 5.16 Å². The molecule has 3 nitrogen and oxygen atoms in total. The summed E-state index contributed by atoms with van der Waals surface area (Å²) in [5.41, 5.74) is 2.41. The molecular formula is C20H20ClN3S. The van der Waals surface area contributed by atoms with Crippen LogP contribution in [0.1, 0.15) is 47.9 Å². The van der Waals surface area contributed by atoms with Gasteiger partial charge in [-0.15, -0.1) is 10.2 Å². The summed E-state index contributed by atoms with van der Waals surface area (Å²) >= 11 is 8.09. The number of thioether (sulfide) groups is 1. The lowest BCUT2D eigenvalue weighted by Gasteiger charge is -2.15. The fraction of sp³-hybridized carbons (Fsp3) is 0.300. The van der Waals surface area contributed by atoms with E-state index in [1.807, 2.05) is 24.3 Å². The second-order valence-corrected chi connectivity index (χ2v) is 8.18. The number of nitrogens with zero attached hydrogens (tertiary/aromatic N) is 3. The predicted octanol–water partition coefficient (Wildman–Crippen LogP) is 5.71. The first-order valence-corrected chi connectivity index (χ1v) is 9.86. The van der Waals surface area contributed by atoms with Gasteiger partial charge in [0.1, 0.15) is 5.82 Å². The van der Waals surface area contributed by atoms with Crippen molar-refractivity contribution >= 4 is 23.4 Å². The Bertz CT molecular complexity index is 858. The van der Waals surface area contributed by atoms with Crippen LogP contribution in [0.3, 0.4) is 0 Å².